The maximum atomic E-state index is 13.7. The summed E-state index contributed by atoms with van der Waals surface area (Å²) in [7, 11) is 1.60. The molecule has 2 aromatic rings. The largest absolute Gasteiger partial charge is 0.497 e. The fourth-order valence-corrected chi connectivity index (χ4v) is 2.30. The van der Waals surface area contributed by atoms with Gasteiger partial charge in [0.1, 0.15) is 5.75 Å². The standard InChI is InChI=1S/C19H22FNO3/c1-4-17(24-18-8-6-5-7-16(18)20)19(22)21-13(2)14-9-11-15(23-3)12-10-14/h5-13,17H,4H2,1-3H3,(H,21,22). The maximum absolute atomic E-state index is 13.7. The van der Waals surface area contributed by atoms with Crippen molar-refractivity contribution < 1.29 is 18.7 Å². The molecule has 0 aromatic heterocycles. The lowest BCUT2D eigenvalue weighted by atomic mass is 10.1. The van der Waals surface area contributed by atoms with E-state index in [4.69, 9.17) is 9.47 Å². The Balaban J connectivity index is 2.01. The van der Waals surface area contributed by atoms with Crippen LogP contribution in [-0.4, -0.2) is 19.1 Å². The first kappa shape index (κ1) is 17.8. The number of halogens is 1. The van der Waals surface area contributed by atoms with Gasteiger partial charge in [0.25, 0.3) is 5.91 Å². The highest BCUT2D eigenvalue weighted by Crippen LogP contribution is 2.20. The minimum atomic E-state index is -0.748. The molecule has 5 heteroatoms. The first-order valence-electron chi connectivity index (χ1n) is 7.90. The highest BCUT2D eigenvalue weighted by Gasteiger charge is 2.21. The van der Waals surface area contributed by atoms with Gasteiger partial charge in [-0.05, 0) is 43.2 Å². The molecule has 0 radical (unpaired) electrons. The first-order valence-corrected chi connectivity index (χ1v) is 7.90. The van der Waals surface area contributed by atoms with Gasteiger partial charge in [-0.15, -0.1) is 0 Å². The molecule has 0 heterocycles. The Kier molecular flexibility index (Phi) is 6.18. The summed E-state index contributed by atoms with van der Waals surface area (Å²) >= 11 is 0. The van der Waals surface area contributed by atoms with Gasteiger partial charge in [0.05, 0.1) is 13.2 Å². The van der Waals surface area contributed by atoms with Crippen molar-refractivity contribution in [2.45, 2.75) is 32.4 Å². The molecule has 2 unspecified atom stereocenters. The van der Waals surface area contributed by atoms with Gasteiger partial charge in [0, 0.05) is 0 Å². The van der Waals surface area contributed by atoms with Gasteiger partial charge >= 0.3 is 0 Å². The van der Waals surface area contributed by atoms with Crippen molar-refractivity contribution in [2.24, 2.45) is 0 Å². The molecule has 0 spiro atoms. The van der Waals surface area contributed by atoms with Gasteiger partial charge in [-0.1, -0.05) is 31.2 Å². The van der Waals surface area contributed by atoms with Crippen LogP contribution in [0.2, 0.25) is 0 Å². The molecule has 0 bridgehead atoms. The van der Waals surface area contributed by atoms with Crippen LogP contribution in [0, 0.1) is 5.82 Å². The minimum Gasteiger partial charge on any atom is -0.497 e. The van der Waals surface area contributed by atoms with E-state index in [2.05, 4.69) is 5.32 Å². The van der Waals surface area contributed by atoms with Crippen LogP contribution in [0.3, 0.4) is 0 Å². The number of benzene rings is 2. The molecule has 0 aliphatic heterocycles. The van der Waals surface area contributed by atoms with Crippen molar-refractivity contribution in [1.82, 2.24) is 5.32 Å². The van der Waals surface area contributed by atoms with Crippen LogP contribution in [0.4, 0.5) is 4.39 Å². The maximum Gasteiger partial charge on any atom is 0.261 e. The van der Waals surface area contributed by atoms with E-state index >= 15 is 0 Å². The van der Waals surface area contributed by atoms with E-state index in [1.165, 1.54) is 12.1 Å². The molecule has 0 saturated carbocycles. The topological polar surface area (TPSA) is 47.6 Å². The Morgan fingerprint density at radius 2 is 1.83 bits per heavy atom. The smallest absolute Gasteiger partial charge is 0.261 e. The number of amides is 1. The second-order valence-electron chi connectivity index (χ2n) is 5.45. The number of hydrogen-bond donors (Lipinski definition) is 1. The van der Waals surface area contributed by atoms with Crippen LogP contribution in [0.5, 0.6) is 11.5 Å². The van der Waals surface area contributed by atoms with Crippen molar-refractivity contribution in [3.63, 3.8) is 0 Å². The zero-order valence-electron chi connectivity index (χ0n) is 14.1. The van der Waals surface area contributed by atoms with Crippen LogP contribution < -0.4 is 14.8 Å². The second-order valence-corrected chi connectivity index (χ2v) is 5.45. The Morgan fingerprint density at radius 3 is 2.42 bits per heavy atom. The third-order valence-corrected chi connectivity index (χ3v) is 3.74. The van der Waals surface area contributed by atoms with Crippen LogP contribution in [0.1, 0.15) is 31.9 Å². The van der Waals surface area contributed by atoms with E-state index in [1.807, 2.05) is 38.1 Å². The third-order valence-electron chi connectivity index (χ3n) is 3.74. The summed E-state index contributed by atoms with van der Waals surface area (Å²) in [6, 6.07) is 13.3. The molecule has 0 aliphatic carbocycles. The summed E-state index contributed by atoms with van der Waals surface area (Å²) in [5, 5.41) is 2.90. The van der Waals surface area contributed by atoms with Gasteiger partial charge < -0.3 is 14.8 Å². The summed E-state index contributed by atoms with van der Waals surface area (Å²) < 4.78 is 24.3. The second kappa shape index (κ2) is 8.34. The molecule has 1 N–H and O–H groups in total. The summed E-state index contributed by atoms with van der Waals surface area (Å²) in [6.45, 7) is 3.71. The van der Waals surface area contributed by atoms with Crippen LogP contribution in [0.25, 0.3) is 0 Å². The first-order chi connectivity index (χ1) is 11.5. The fourth-order valence-electron chi connectivity index (χ4n) is 2.30. The molecule has 24 heavy (non-hydrogen) atoms. The van der Waals surface area contributed by atoms with Crippen molar-refractivity contribution in [3.8, 4) is 11.5 Å². The van der Waals surface area contributed by atoms with Crippen LogP contribution in [-0.2, 0) is 4.79 Å². The van der Waals surface area contributed by atoms with Crippen LogP contribution in [0.15, 0.2) is 48.5 Å². The molecular weight excluding hydrogens is 309 g/mol. The number of carbonyl (C=O) groups excluding carboxylic acids is 1. The molecule has 1 amide bonds. The molecule has 2 atom stereocenters. The average Bonchev–Trinajstić information content (AvgIpc) is 2.61. The van der Waals surface area contributed by atoms with Crippen molar-refractivity contribution >= 4 is 5.91 Å². The van der Waals surface area contributed by atoms with Gasteiger partial charge in [0.2, 0.25) is 0 Å². The minimum absolute atomic E-state index is 0.0802. The lowest BCUT2D eigenvalue weighted by molar-refractivity contribution is -0.128. The van der Waals surface area contributed by atoms with E-state index in [0.29, 0.717) is 6.42 Å². The quantitative estimate of drug-likeness (QED) is 0.838. The highest BCUT2D eigenvalue weighted by molar-refractivity contribution is 5.81. The highest BCUT2D eigenvalue weighted by atomic mass is 19.1. The third kappa shape index (κ3) is 4.47. The van der Waals surface area contributed by atoms with Gasteiger partial charge in [-0.3, -0.25) is 4.79 Å². The van der Waals surface area contributed by atoms with Gasteiger partial charge in [-0.2, -0.15) is 0 Å². The number of hydrogen-bond acceptors (Lipinski definition) is 3. The van der Waals surface area contributed by atoms with Crippen molar-refractivity contribution in [3.05, 3.63) is 59.9 Å². The number of methoxy groups -OCH3 is 1. The Bertz CT molecular complexity index is 673. The fraction of sp³-hybridized carbons (Fsp3) is 0.316. The van der Waals surface area contributed by atoms with E-state index < -0.39 is 11.9 Å². The number of nitrogens with one attached hydrogen (secondary N) is 1. The summed E-state index contributed by atoms with van der Waals surface area (Å²) in [5.41, 5.74) is 0.949. The predicted molar refractivity (Wildman–Crippen MR) is 90.7 cm³/mol. The zero-order chi connectivity index (χ0) is 17.5. The van der Waals surface area contributed by atoms with Gasteiger partial charge in [0.15, 0.2) is 17.7 Å². The number of rotatable bonds is 7. The Hall–Kier alpha value is -2.56. The van der Waals surface area contributed by atoms with E-state index in [9.17, 15) is 9.18 Å². The zero-order valence-corrected chi connectivity index (χ0v) is 14.1. The normalized spacial score (nSPS) is 13.0. The SMILES string of the molecule is CCC(Oc1ccccc1F)C(=O)NC(C)c1ccc(OC)cc1. The van der Waals surface area contributed by atoms with Crippen molar-refractivity contribution in [2.75, 3.05) is 7.11 Å². The van der Waals surface area contributed by atoms with Gasteiger partial charge in [-0.25, -0.2) is 4.39 Å². The average molecular weight is 331 g/mol. The predicted octanol–water partition coefficient (Wildman–Crippen LogP) is 3.87. The van der Waals surface area contributed by atoms with E-state index in [1.54, 1.807) is 19.2 Å². The number of para-hydroxylation sites is 1. The summed E-state index contributed by atoms with van der Waals surface area (Å²) in [6.07, 6.45) is -0.308. The number of ether oxygens (including phenoxy) is 2. The summed E-state index contributed by atoms with van der Waals surface area (Å²) in [5.74, 6) is 0.0826. The Morgan fingerprint density at radius 1 is 1.17 bits per heavy atom. The molecular formula is C19H22FNO3. The molecule has 2 rings (SSSR count). The lowest BCUT2D eigenvalue weighted by Crippen LogP contribution is -2.39. The molecule has 0 saturated heterocycles. The Labute approximate surface area is 141 Å². The molecule has 0 fully saturated rings. The lowest BCUT2D eigenvalue weighted by Gasteiger charge is -2.21. The summed E-state index contributed by atoms with van der Waals surface area (Å²) in [4.78, 5) is 12.4. The molecule has 4 nitrogen and oxygen atoms in total. The molecule has 0 aliphatic rings. The van der Waals surface area contributed by atoms with Crippen LogP contribution >= 0.6 is 0 Å². The van der Waals surface area contributed by atoms with E-state index in [-0.39, 0.29) is 17.7 Å². The molecule has 2 aromatic carbocycles. The van der Waals surface area contributed by atoms with Crippen molar-refractivity contribution in [1.29, 1.82) is 0 Å². The number of carbonyl (C=O) groups is 1. The monoisotopic (exact) mass is 331 g/mol. The van der Waals surface area contributed by atoms with E-state index in [0.717, 1.165) is 11.3 Å². The molecule has 128 valence electrons.